The molecule has 0 spiro atoms. The van der Waals surface area contributed by atoms with Crippen LogP contribution in [0.5, 0.6) is 0 Å². The van der Waals surface area contributed by atoms with Gasteiger partial charge in [0.2, 0.25) is 0 Å². The van der Waals surface area contributed by atoms with E-state index >= 15 is 0 Å². The lowest BCUT2D eigenvalue weighted by molar-refractivity contribution is 0.0635. The van der Waals surface area contributed by atoms with Gasteiger partial charge in [-0.05, 0) is 32.9 Å². The van der Waals surface area contributed by atoms with E-state index in [0.717, 1.165) is 12.1 Å². The predicted molar refractivity (Wildman–Crippen MR) is 56.3 cm³/mol. The fraction of sp³-hybridized carbons (Fsp3) is 0.364. The molecule has 0 aliphatic carbocycles. The molecule has 0 saturated carbocycles. The summed E-state index contributed by atoms with van der Waals surface area (Å²) in [5.41, 5.74) is -0.978. The highest BCUT2D eigenvalue weighted by molar-refractivity contribution is 5.84. The number of hydrogen-bond donors (Lipinski definition) is 1. The number of para-hydroxylation sites is 1. The van der Waals surface area contributed by atoms with E-state index in [9.17, 15) is 9.18 Å². The van der Waals surface area contributed by atoms with E-state index in [2.05, 4.69) is 5.32 Å². The summed E-state index contributed by atoms with van der Waals surface area (Å²) >= 11 is 0. The van der Waals surface area contributed by atoms with Crippen LogP contribution >= 0.6 is 0 Å². The van der Waals surface area contributed by atoms with Crippen molar-refractivity contribution in [2.45, 2.75) is 26.4 Å². The first kappa shape index (κ1) is 8.71. The monoisotopic (exact) mass is 213 g/mol. The van der Waals surface area contributed by atoms with Crippen molar-refractivity contribution < 1.29 is 16.7 Å². The number of carbonyl (C=O) groups is 1. The molecule has 0 heterocycles. The number of anilines is 1. The maximum absolute atomic E-state index is 13.4. The molecule has 0 aromatic heterocycles. The van der Waals surface area contributed by atoms with Crippen LogP contribution in [-0.2, 0) is 4.74 Å². The summed E-state index contributed by atoms with van der Waals surface area (Å²) in [6, 6.07) is 1.67. The summed E-state index contributed by atoms with van der Waals surface area (Å²) in [6.07, 6.45) is -0.831. The van der Waals surface area contributed by atoms with Gasteiger partial charge in [0.05, 0.1) is 8.43 Å². The molecule has 82 valence electrons. The average Bonchev–Trinajstić information content (AvgIpc) is 2.08. The Balaban J connectivity index is 2.86. The minimum Gasteiger partial charge on any atom is -0.444 e. The van der Waals surface area contributed by atoms with Gasteiger partial charge in [0, 0.05) is 0 Å². The van der Waals surface area contributed by atoms with E-state index in [-0.39, 0.29) is 17.8 Å². The summed E-state index contributed by atoms with van der Waals surface area (Å²) in [5.74, 6) is -0.826. The molecule has 0 aliphatic heterocycles. The topological polar surface area (TPSA) is 38.3 Å². The van der Waals surface area contributed by atoms with Gasteiger partial charge in [0.15, 0.2) is 0 Å². The van der Waals surface area contributed by atoms with Crippen molar-refractivity contribution in [3.63, 3.8) is 0 Å². The lowest BCUT2D eigenvalue weighted by Crippen LogP contribution is -2.27. The van der Waals surface area contributed by atoms with Crippen LogP contribution in [0.2, 0.25) is 0 Å². The van der Waals surface area contributed by atoms with Crippen molar-refractivity contribution in [3.8, 4) is 0 Å². The van der Waals surface area contributed by atoms with Gasteiger partial charge in [0.1, 0.15) is 11.4 Å². The summed E-state index contributed by atoms with van der Waals surface area (Å²) < 4.78 is 33.0. The number of rotatable bonds is 1. The molecule has 1 aromatic carbocycles. The first-order valence-corrected chi connectivity index (χ1v) is 4.46. The Morgan fingerprint density at radius 1 is 1.60 bits per heavy atom. The lowest BCUT2D eigenvalue weighted by atomic mass is 10.2. The molecule has 1 amide bonds. The van der Waals surface area contributed by atoms with Gasteiger partial charge in [-0.15, -0.1) is 0 Å². The largest absolute Gasteiger partial charge is 0.444 e. The van der Waals surface area contributed by atoms with E-state index in [4.69, 9.17) is 7.48 Å². The Labute approximate surface area is 91.1 Å². The molecule has 0 aliphatic rings. The normalized spacial score (nSPS) is 12.8. The molecule has 0 saturated heterocycles. The fourth-order valence-corrected chi connectivity index (χ4v) is 0.871. The molecule has 15 heavy (non-hydrogen) atoms. The zero-order chi connectivity index (χ0) is 13.2. The Morgan fingerprint density at radius 2 is 2.27 bits per heavy atom. The Hall–Kier alpha value is -1.58. The second-order valence-electron chi connectivity index (χ2n) is 3.95. The number of carbonyl (C=O) groups excluding carboxylic acids is 1. The highest BCUT2D eigenvalue weighted by Crippen LogP contribution is 2.14. The van der Waals surface area contributed by atoms with Crippen molar-refractivity contribution in [1.82, 2.24) is 0 Å². The number of amides is 1. The molecule has 0 fully saturated rings. The fourth-order valence-electron chi connectivity index (χ4n) is 0.871. The third-order valence-electron chi connectivity index (χ3n) is 1.37. The maximum Gasteiger partial charge on any atom is 0.412 e. The highest BCUT2D eigenvalue weighted by atomic mass is 19.1. The Morgan fingerprint density at radius 3 is 2.80 bits per heavy atom. The average molecular weight is 213 g/mol. The Kier molecular flexibility index (Phi) is 2.49. The van der Waals surface area contributed by atoms with Crippen LogP contribution in [0.1, 0.15) is 23.5 Å². The van der Waals surface area contributed by atoms with Gasteiger partial charge in [-0.1, -0.05) is 12.1 Å². The van der Waals surface area contributed by atoms with Crippen LogP contribution < -0.4 is 5.32 Å². The van der Waals surface area contributed by atoms with Gasteiger partial charge < -0.3 is 4.74 Å². The van der Waals surface area contributed by atoms with Crippen LogP contribution in [0.15, 0.2) is 24.2 Å². The number of ether oxygens (including phenoxy) is 1. The molecule has 3 nitrogen and oxygen atoms in total. The standard InChI is InChI=1S/C11H14FNO2/c1-11(2,3)15-10(14)13-9-7-5-4-6-8(9)12/h4-7H,1-3H3,(H,13,14)/i4D,7D. The number of halogens is 1. The molecule has 4 heteroatoms. The van der Waals surface area contributed by atoms with Crippen LogP contribution in [-0.4, -0.2) is 11.7 Å². The molecular weight excluding hydrogens is 197 g/mol. The molecule has 1 rings (SSSR count). The van der Waals surface area contributed by atoms with Crippen molar-refractivity contribution in [3.05, 3.63) is 30.0 Å². The molecule has 0 radical (unpaired) electrons. The van der Waals surface area contributed by atoms with Crippen molar-refractivity contribution in [2.75, 3.05) is 5.32 Å². The van der Waals surface area contributed by atoms with E-state index < -0.39 is 17.5 Å². The quantitative estimate of drug-likeness (QED) is 0.778. The first-order valence-electron chi connectivity index (χ1n) is 5.46. The van der Waals surface area contributed by atoms with Gasteiger partial charge >= 0.3 is 6.09 Å². The first-order chi connectivity index (χ1) is 7.69. The molecule has 1 aromatic rings. The molecule has 0 unspecified atom stereocenters. The second kappa shape index (κ2) is 4.29. The predicted octanol–water partition coefficient (Wildman–Crippen LogP) is 3.17. The number of hydrogen-bond acceptors (Lipinski definition) is 2. The third kappa shape index (κ3) is 3.97. The van der Waals surface area contributed by atoms with Gasteiger partial charge in [-0.25, -0.2) is 9.18 Å². The zero-order valence-electron chi connectivity index (χ0n) is 10.8. The molecule has 0 atom stereocenters. The van der Waals surface area contributed by atoms with E-state index in [0.29, 0.717) is 0 Å². The van der Waals surface area contributed by atoms with E-state index in [1.54, 1.807) is 20.8 Å². The lowest BCUT2D eigenvalue weighted by Gasteiger charge is -2.19. The summed E-state index contributed by atoms with van der Waals surface area (Å²) in [4.78, 5) is 11.4. The summed E-state index contributed by atoms with van der Waals surface area (Å²) in [7, 11) is 0. The third-order valence-corrected chi connectivity index (χ3v) is 1.37. The number of benzene rings is 1. The summed E-state index contributed by atoms with van der Waals surface area (Å²) in [5, 5.41) is 2.16. The van der Waals surface area contributed by atoms with Gasteiger partial charge in [0.25, 0.3) is 0 Å². The van der Waals surface area contributed by atoms with Crippen LogP contribution in [0, 0.1) is 5.82 Å². The van der Waals surface area contributed by atoms with Crippen LogP contribution in [0.25, 0.3) is 0 Å². The number of nitrogens with one attached hydrogen (secondary N) is 1. The highest BCUT2D eigenvalue weighted by Gasteiger charge is 2.16. The molecular formula is C11H14FNO2. The summed E-state index contributed by atoms with van der Waals surface area (Å²) in [6.45, 7) is 5.03. The zero-order valence-corrected chi connectivity index (χ0v) is 8.85. The molecule has 1 N–H and O–H groups in total. The van der Waals surface area contributed by atoms with Gasteiger partial charge in [-0.3, -0.25) is 5.32 Å². The minimum absolute atomic E-state index is 0.123. The minimum atomic E-state index is -0.831. The van der Waals surface area contributed by atoms with Crippen LogP contribution in [0.4, 0.5) is 14.9 Å². The Bertz CT molecular complexity index is 421. The van der Waals surface area contributed by atoms with Crippen molar-refractivity contribution in [2.24, 2.45) is 0 Å². The van der Waals surface area contributed by atoms with Gasteiger partial charge in [-0.2, -0.15) is 0 Å². The van der Waals surface area contributed by atoms with Crippen LogP contribution in [0.3, 0.4) is 0 Å². The SMILES string of the molecule is [2H]c1cc([2H])c(NC(=O)OC(C)(C)C)c(F)c1. The van der Waals surface area contributed by atoms with E-state index in [1.165, 1.54) is 0 Å². The maximum atomic E-state index is 13.4. The van der Waals surface area contributed by atoms with Crippen molar-refractivity contribution >= 4 is 11.8 Å². The van der Waals surface area contributed by atoms with Crippen molar-refractivity contribution in [1.29, 1.82) is 0 Å². The van der Waals surface area contributed by atoms with E-state index in [1.807, 2.05) is 0 Å². The molecule has 0 bridgehead atoms. The second-order valence-corrected chi connectivity index (χ2v) is 3.95. The smallest absolute Gasteiger partial charge is 0.412 e.